The molecule has 17 heavy (non-hydrogen) atoms. The highest BCUT2D eigenvalue weighted by Crippen LogP contribution is 2.31. The van der Waals surface area contributed by atoms with Crippen LogP contribution in [0.3, 0.4) is 0 Å². The molecule has 0 saturated heterocycles. The van der Waals surface area contributed by atoms with Gasteiger partial charge in [-0.15, -0.1) is 0 Å². The van der Waals surface area contributed by atoms with Crippen molar-refractivity contribution in [2.75, 3.05) is 14.2 Å². The smallest absolute Gasteiger partial charge is 0.303 e. The average molecular weight is 246 g/mol. The second kappa shape index (κ2) is 5.47. The van der Waals surface area contributed by atoms with Crippen molar-refractivity contribution in [3.05, 3.63) is 23.3 Å². The fourth-order valence-electron chi connectivity index (χ4n) is 1.39. The number of carboxylic acid groups (broad SMARTS) is 1. The van der Waals surface area contributed by atoms with Crippen LogP contribution in [0.25, 0.3) is 0 Å². The quantitative estimate of drug-likeness (QED) is 0.863. The Bertz CT molecular complexity index is 404. The Labute approximate surface area is 96.8 Å². The van der Waals surface area contributed by atoms with Crippen molar-refractivity contribution >= 4 is 5.97 Å². The summed E-state index contributed by atoms with van der Waals surface area (Å²) in [5.74, 6) is -3.28. The summed E-state index contributed by atoms with van der Waals surface area (Å²) in [4.78, 5) is 10.4. The standard InChI is InChI=1S/C11H12F2O4/c1-16-7-5-8(17-2)11(13)6(10(7)12)3-4-9(14)15/h5H,3-4H2,1-2H3,(H,14,15). The highest BCUT2D eigenvalue weighted by atomic mass is 19.1. The minimum atomic E-state index is -1.13. The number of halogens is 2. The molecular formula is C11H12F2O4. The number of methoxy groups -OCH3 is 2. The summed E-state index contributed by atoms with van der Waals surface area (Å²) in [6.07, 6.45) is -0.634. The van der Waals surface area contributed by atoms with Crippen LogP contribution in [0.4, 0.5) is 8.78 Å². The van der Waals surface area contributed by atoms with Gasteiger partial charge in [0.25, 0.3) is 0 Å². The van der Waals surface area contributed by atoms with E-state index >= 15 is 0 Å². The Balaban J connectivity index is 3.19. The monoisotopic (exact) mass is 246 g/mol. The van der Waals surface area contributed by atoms with Crippen LogP contribution in [-0.2, 0) is 11.2 Å². The molecule has 0 aliphatic carbocycles. The van der Waals surface area contributed by atoms with Gasteiger partial charge in [-0.25, -0.2) is 8.78 Å². The van der Waals surface area contributed by atoms with E-state index in [0.717, 1.165) is 6.07 Å². The van der Waals surface area contributed by atoms with E-state index in [-0.39, 0.29) is 29.9 Å². The van der Waals surface area contributed by atoms with Gasteiger partial charge < -0.3 is 14.6 Å². The largest absolute Gasteiger partial charge is 0.494 e. The van der Waals surface area contributed by atoms with Crippen LogP contribution in [0.2, 0.25) is 0 Å². The SMILES string of the molecule is COc1cc(OC)c(F)c(CCC(=O)O)c1F. The summed E-state index contributed by atoms with van der Waals surface area (Å²) in [5, 5.41) is 8.50. The molecule has 0 saturated carbocycles. The van der Waals surface area contributed by atoms with Crippen molar-refractivity contribution in [3.8, 4) is 11.5 Å². The van der Waals surface area contributed by atoms with Crippen molar-refractivity contribution in [2.45, 2.75) is 12.8 Å². The van der Waals surface area contributed by atoms with E-state index in [1.54, 1.807) is 0 Å². The molecule has 1 aromatic carbocycles. The molecule has 0 atom stereocenters. The summed E-state index contributed by atoms with van der Waals surface area (Å²) < 4.78 is 36.8. The number of hydrogen-bond acceptors (Lipinski definition) is 3. The van der Waals surface area contributed by atoms with E-state index < -0.39 is 17.6 Å². The summed E-state index contributed by atoms with van der Waals surface area (Å²) in [6, 6.07) is 1.08. The van der Waals surface area contributed by atoms with Gasteiger partial charge in [0.15, 0.2) is 23.1 Å². The normalized spacial score (nSPS) is 10.1. The fraction of sp³-hybridized carbons (Fsp3) is 0.364. The number of benzene rings is 1. The van der Waals surface area contributed by atoms with Gasteiger partial charge in [0, 0.05) is 18.1 Å². The molecule has 0 fully saturated rings. The molecule has 1 rings (SSSR count). The second-order valence-corrected chi connectivity index (χ2v) is 3.28. The van der Waals surface area contributed by atoms with Gasteiger partial charge in [-0.05, 0) is 6.42 Å². The fourth-order valence-corrected chi connectivity index (χ4v) is 1.39. The molecule has 1 N–H and O–H groups in total. The molecule has 0 unspecified atom stereocenters. The molecule has 0 aliphatic rings. The molecule has 0 heterocycles. The third kappa shape index (κ3) is 2.83. The Morgan fingerprint density at radius 3 is 2.06 bits per heavy atom. The van der Waals surface area contributed by atoms with Gasteiger partial charge in [-0.2, -0.15) is 0 Å². The lowest BCUT2D eigenvalue weighted by Crippen LogP contribution is -2.05. The lowest BCUT2D eigenvalue weighted by atomic mass is 10.1. The molecule has 0 radical (unpaired) electrons. The van der Waals surface area contributed by atoms with Gasteiger partial charge in [0.05, 0.1) is 14.2 Å². The highest BCUT2D eigenvalue weighted by molar-refractivity contribution is 5.67. The maximum Gasteiger partial charge on any atom is 0.303 e. The van der Waals surface area contributed by atoms with Crippen LogP contribution < -0.4 is 9.47 Å². The zero-order valence-electron chi connectivity index (χ0n) is 9.42. The molecule has 0 amide bonds. The second-order valence-electron chi connectivity index (χ2n) is 3.28. The number of ether oxygens (including phenoxy) is 2. The third-order valence-corrected chi connectivity index (χ3v) is 2.25. The molecule has 6 heteroatoms. The third-order valence-electron chi connectivity index (χ3n) is 2.25. The molecular weight excluding hydrogens is 234 g/mol. The van der Waals surface area contributed by atoms with Crippen LogP contribution in [0, 0.1) is 11.6 Å². The molecule has 4 nitrogen and oxygen atoms in total. The maximum atomic E-state index is 13.7. The minimum Gasteiger partial charge on any atom is -0.494 e. The van der Waals surface area contributed by atoms with E-state index in [4.69, 9.17) is 14.6 Å². The van der Waals surface area contributed by atoms with Crippen LogP contribution in [0.5, 0.6) is 11.5 Å². The summed E-state index contributed by atoms with van der Waals surface area (Å²) >= 11 is 0. The lowest BCUT2D eigenvalue weighted by Gasteiger charge is -2.11. The van der Waals surface area contributed by atoms with Gasteiger partial charge in [-0.3, -0.25) is 4.79 Å². The zero-order chi connectivity index (χ0) is 13.0. The topological polar surface area (TPSA) is 55.8 Å². The number of carboxylic acids is 1. The molecule has 0 spiro atoms. The van der Waals surface area contributed by atoms with Gasteiger partial charge in [0.1, 0.15) is 0 Å². The first kappa shape index (κ1) is 13.2. The number of hydrogen-bond donors (Lipinski definition) is 1. The van der Waals surface area contributed by atoms with Gasteiger partial charge >= 0.3 is 5.97 Å². The summed E-state index contributed by atoms with van der Waals surface area (Å²) in [7, 11) is 2.47. The van der Waals surface area contributed by atoms with Crippen molar-refractivity contribution in [3.63, 3.8) is 0 Å². The van der Waals surface area contributed by atoms with Crippen molar-refractivity contribution in [1.29, 1.82) is 0 Å². The van der Waals surface area contributed by atoms with E-state index in [1.807, 2.05) is 0 Å². The number of carbonyl (C=O) groups is 1. The minimum absolute atomic E-state index is 0.177. The van der Waals surface area contributed by atoms with E-state index in [2.05, 4.69) is 0 Å². The summed E-state index contributed by atoms with van der Waals surface area (Å²) in [6.45, 7) is 0. The van der Waals surface area contributed by atoms with Gasteiger partial charge in [0.2, 0.25) is 0 Å². The number of aliphatic carboxylic acids is 1. The van der Waals surface area contributed by atoms with E-state index in [0.29, 0.717) is 0 Å². The van der Waals surface area contributed by atoms with Crippen molar-refractivity contribution in [2.24, 2.45) is 0 Å². The van der Waals surface area contributed by atoms with Crippen LogP contribution in [-0.4, -0.2) is 25.3 Å². The summed E-state index contributed by atoms with van der Waals surface area (Å²) in [5.41, 5.74) is -0.344. The predicted molar refractivity (Wildman–Crippen MR) is 55.4 cm³/mol. The van der Waals surface area contributed by atoms with Crippen LogP contribution in [0.1, 0.15) is 12.0 Å². The van der Waals surface area contributed by atoms with Crippen LogP contribution in [0.15, 0.2) is 6.07 Å². The maximum absolute atomic E-state index is 13.7. The van der Waals surface area contributed by atoms with Crippen LogP contribution >= 0.6 is 0 Å². The first-order chi connectivity index (χ1) is 8.01. The van der Waals surface area contributed by atoms with Crippen molar-refractivity contribution in [1.82, 2.24) is 0 Å². The zero-order valence-corrected chi connectivity index (χ0v) is 9.42. The Morgan fingerprint density at radius 2 is 1.71 bits per heavy atom. The predicted octanol–water partition coefficient (Wildman–Crippen LogP) is 2.00. The first-order valence-corrected chi connectivity index (χ1v) is 4.81. The molecule has 1 aromatic rings. The number of rotatable bonds is 5. The first-order valence-electron chi connectivity index (χ1n) is 4.81. The van der Waals surface area contributed by atoms with E-state index in [1.165, 1.54) is 14.2 Å². The van der Waals surface area contributed by atoms with E-state index in [9.17, 15) is 13.6 Å². The molecule has 94 valence electrons. The van der Waals surface area contributed by atoms with Crippen molar-refractivity contribution < 1.29 is 28.2 Å². The Kier molecular flexibility index (Phi) is 4.25. The average Bonchev–Trinajstić information content (AvgIpc) is 2.29. The Hall–Kier alpha value is -1.85. The highest BCUT2D eigenvalue weighted by Gasteiger charge is 2.20. The van der Waals surface area contributed by atoms with Gasteiger partial charge in [-0.1, -0.05) is 0 Å². The molecule has 0 bridgehead atoms. The lowest BCUT2D eigenvalue weighted by molar-refractivity contribution is -0.136. The molecule has 0 aromatic heterocycles. The Morgan fingerprint density at radius 1 is 1.24 bits per heavy atom. The molecule has 0 aliphatic heterocycles.